The third-order valence-corrected chi connectivity index (χ3v) is 3.27. The first-order valence-corrected chi connectivity index (χ1v) is 5.60. The SMILES string of the molecule is CCC(C#N)S(=O)(=O)NCCCl. The predicted octanol–water partition coefficient (Wildman–Crippen LogP) is 0.447. The van der Waals surface area contributed by atoms with Crippen LogP contribution >= 0.6 is 11.6 Å². The number of alkyl halides is 1. The van der Waals surface area contributed by atoms with E-state index >= 15 is 0 Å². The first kappa shape index (κ1) is 11.7. The molecule has 4 nitrogen and oxygen atoms in total. The van der Waals surface area contributed by atoms with Crippen molar-refractivity contribution in [1.82, 2.24) is 4.72 Å². The summed E-state index contributed by atoms with van der Waals surface area (Å²) in [6.07, 6.45) is 0.286. The fourth-order valence-corrected chi connectivity index (χ4v) is 2.03. The Kier molecular flexibility index (Phi) is 5.22. The molecular weight excluding hydrogens is 200 g/mol. The van der Waals surface area contributed by atoms with Crippen molar-refractivity contribution in [2.24, 2.45) is 0 Å². The van der Waals surface area contributed by atoms with Crippen molar-refractivity contribution >= 4 is 21.6 Å². The van der Waals surface area contributed by atoms with E-state index in [0.717, 1.165) is 0 Å². The lowest BCUT2D eigenvalue weighted by molar-refractivity contribution is 0.575. The molecule has 12 heavy (non-hydrogen) atoms. The number of nitrogens with zero attached hydrogens (tertiary/aromatic N) is 1. The van der Waals surface area contributed by atoms with Crippen molar-refractivity contribution in [1.29, 1.82) is 5.26 Å². The quantitative estimate of drug-likeness (QED) is 0.670. The molecule has 1 unspecified atom stereocenters. The summed E-state index contributed by atoms with van der Waals surface area (Å²) in [5.74, 6) is 0.209. The highest BCUT2D eigenvalue weighted by Gasteiger charge is 2.21. The molecule has 0 aromatic heterocycles. The predicted molar refractivity (Wildman–Crippen MR) is 47.3 cm³/mol. The number of nitriles is 1. The first-order valence-electron chi connectivity index (χ1n) is 3.52. The number of nitrogens with one attached hydrogen (secondary N) is 1. The van der Waals surface area contributed by atoms with Crippen molar-refractivity contribution in [2.75, 3.05) is 12.4 Å². The lowest BCUT2D eigenvalue weighted by Gasteiger charge is -2.07. The van der Waals surface area contributed by atoms with Crippen LogP contribution in [0.25, 0.3) is 0 Å². The van der Waals surface area contributed by atoms with Crippen molar-refractivity contribution in [3.05, 3.63) is 0 Å². The number of sulfonamides is 1. The molecule has 0 rings (SSSR count). The molecule has 1 atom stereocenters. The molecule has 0 heterocycles. The van der Waals surface area contributed by atoms with Crippen molar-refractivity contribution < 1.29 is 8.42 Å². The molecule has 0 aromatic carbocycles. The van der Waals surface area contributed by atoms with Gasteiger partial charge in [-0.1, -0.05) is 6.92 Å². The normalized spacial score (nSPS) is 13.8. The lowest BCUT2D eigenvalue weighted by Crippen LogP contribution is -2.34. The van der Waals surface area contributed by atoms with Gasteiger partial charge < -0.3 is 0 Å². The standard InChI is InChI=1S/C6H11ClN2O2S/c1-2-6(5-8)12(10,11)9-4-3-7/h6,9H,2-4H2,1H3. The van der Waals surface area contributed by atoms with Gasteiger partial charge in [-0.3, -0.25) is 0 Å². The molecule has 0 spiro atoms. The molecule has 0 radical (unpaired) electrons. The summed E-state index contributed by atoms with van der Waals surface area (Å²) < 4.78 is 24.5. The van der Waals surface area contributed by atoms with Gasteiger partial charge in [-0.25, -0.2) is 13.1 Å². The molecule has 0 fully saturated rings. The first-order chi connectivity index (χ1) is 5.58. The molecule has 0 bridgehead atoms. The van der Waals surface area contributed by atoms with Gasteiger partial charge in [0.1, 0.15) is 0 Å². The minimum atomic E-state index is -3.48. The molecule has 70 valence electrons. The maximum Gasteiger partial charge on any atom is 0.228 e. The zero-order chi connectivity index (χ0) is 9.61. The number of hydrogen-bond acceptors (Lipinski definition) is 3. The summed E-state index contributed by atoms with van der Waals surface area (Å²) >= 11 is 5.29. The van der Waals surface area contributed by atoms with Crippen LogP contribution in [0.1, 0.15) is 13.3 Å². The Balaban J connectivity index is 4.30. The highest BCUT2D eigenvalue weighted by Crippen LogP contribution is 2.01. The van der Waals surface area contributed by atoms with Gasteiger partial charge in [0.25, 0.3) is 0 Å². The summed E-state index contributed by atoms with van der Waals surface area (Å²) in [5.41, 5.74) is 0. The van der Waals surface area contributed by atoms with Gasteiger partial charge in [-0.05, 0) is 6.42 Å². The van der Waals surface area contributed by atoms with Crippen LogP contribution in [0.15, 0.2) is 0 Å². The van der Waals surface area contributed by atoms with Gasteiger partial charge in [-0.2, -0.15) is 5.26 Å². The average Bonchev–Trinajstić information content (AvgIpc) is 2.03. The molecule has 0 aliphatic rings. The van der Waals surface area contributed by atoms with Gasteiger partial charge in [0.05, 0.1) is 6.07 Å². The number of hydrogen-bond donors (Lipinski definition) is 1. The third kappa shape index (κ3) is 3.39. The van der Waals surface area contributed by atoms with E-state index < -0.39 is 15.3 Å². The van der Waals surface area contributed by atoms with E-state index in [1.807, 2.05) is 0 Å². The summed E-state index contributed by atoms with van der Waals surface area (Å²) in [4.78, 5) is 0. The zero-order valence-corrected chi connectivity index (χ0v) is 8.32. The molecule has 6 heteroatoms. The van der Waals surface area contributed by atoms with Gasteiger partial charge in [0.15, 0.2) is 5.25 Å². The molecule has 0 saturated carbocycles. The highest BCUT2D eigenvalue weighted by atomic mass is 35.5. The Morgan fingerprint density at radius 1 is 1.67 bits per heavy atom. The van der Waals surface area contributed by atoms with Crippen LogP contribution in [-0.4, -0.2) is 26.1 Å². The maximum absolute atomic E-state index is 11.2. The Bertz CT molecular complexity index is 257. The fraction of sp³-hybridized carbons (Fsp3) is 0.833. The van der Waals surface area contributed by atoms with E-state index in [0.29, 0.717) is 0 Å². The fourth-order valence-electron chi connectivity index (χ4n) is 0.662. The van der Waals surface area contributed by atoms with Crippen LogP contribution in [-0.2, 0) is 10.0 Å². The molecule has 0 saturated heterocycles. The van der Waals surface area contributed by atoms with Crippen LogP contribution < -0.4 is 4.72 Å². The molecule has 0 amide bonds. The zero-order valence-electron chi connectivity index (χ0n) is 6.75. The third-order valence-electron chi connectivity index (χ3n) is 1.29. The Hall–Kier alpha value is -0.310. The van der Waals surface area contributed by atoms with Crippen LogP contribution in [0.5, 0.6) is 0 Å². The monoisotopic (exact) mass is 210 g/mol. The van der Waals surface area contributed by atoms with Gasteiger partial charge in [-0.15, -0.1) is 11.6 Å². The van der Waals surface area contributed by atoms with E-state index in [4.69, 9.17) is 16.9 Å². The molecule has 1 N–H and O–H groups in total. The van der Waals surface area contributed by atoms with E-state index in [9.17, 15) is 8.42 Å². The Morgan fingerprint density at radius 3 is 2.58 bits per heavy atom. The smallest absolute Gasteiger partial charge is 0.213 e. The second-order valence-corrected chi connectivity index (χ2v) is 4.48. The largest absolute Gasteiger partial charge is 0.228 e. The van der Waals surface area contributed by atoms with Gasteiger partial charge in [0.2, 0.25) is 10.0 Å². The van der Waals surface area contributed by atoms with Crippen LogP contribution in [0, 0.1) is 11.3 Å². The van der Waals surface area contributed by atoms with Crippen LogP contribution in [0.4, 0.5) is 0 Å². The van der Waals surface area contributed by atoms with Crippen LogP contribution in [0.3, 0.4) is 0 Å². The van der Waals surface area contributed by atoms with Crippen molar-refractivity contribution in [3.8, 4) is 6.07 Å². The summed E-state index contributed by atoms with van der Waals surface area (Å²) in [6.45, 7) is 1.82. The summed E-state index contributed by atoms with van der Waals surface area (Å²) in [7, 11) is -3.48. The molecular formula is C6H11ClN2O2S. The van der Waals surface area contributed by atoms with E-state index in [1.165, 1.54) is 0 Å². The second-order valence-electron chi connectivity index (χ2n) is 2.15. The van der Waals surface area contributed by atoms with Gasteiger partial charge in [0, 0.05) is 12.4 Å². The summed E-state index contributed by atoms with van der Waals surface area (Å²) in [6, 6.07) is 1.71. The Labute approximate surface area is 77.6 Å². The van der Waals surface area contributed by atoms with Crippen LogP contribution in [0.2, 0.25) is 0 Å². The molecule has 0 aromatic rings. The lowest BCUT2D eigenvalue weighted by atomic mass is 10.4. The number of halogens is 1. The van der Waals surface area contributed by atoms with E-state index in [-0.39, 0.29) is 18.8 Å². The molecule has 0 aliphatic heterocycles. The van der Waals surface area contributed by atoms with Crippen molar-refractivity contribution in [2.45, 2.75) is 18.6 Å². The van der Waals surface area contributed by atoms with E-state index in [1.54, 1.807) is 13.0 Å². The molecule has 0 aliphatic carbocycles. The van der Waals surface area contributed by atoms with E-state index in [2.05, 4.69) is 4.72 Å². The van der Waals surface area contributed by atoms with Gasteiger partial charge >= 0.3 is 0 Å². The minimum Gasteiger partial charge on any atom is -0.213 e. The highest BCUT2D eigenvalue weighted by molar-refractivity contribution is 7.90. The average molecular weight is 211 g/mol. The van der Waals surface area contributed by atoms with Crippen molar-refractivity contribution in [3.63, 3.8) is 0 Å². The second kappa shape index (κ2) is 5.36. The number of rotatable bonds is 5. The minimum absolute atomic E-state index is 0.169. The topological polar surface area (TPSA) is 70.0 Å². The Morgan fingerprint density at radius 2 is 2.25 bits per heavy atom. The summed E-state index contributed by atoms with van der Waals surface area (Å²) in [5, 5.41) is 7.49. The maximum atomic E-state index is 11.2.